The molecule has 1 aliphatic rings. The molecule has 1 heterocycles. The molecular weight excluding hydrogens is 180 g/mol. The van der Waals surface area contributed by atoms with Gasteiger partial charge in [-0.2, -0.15) is 0 Å². The summed E-state index contributed by atoms with van der Waals surface area (Å²) in [4.78, 5) is 6.13. The number of thiazole rings is 1. The highest BCUT2D eigenvalue weighted by atomic mass is 32.1. The first-order valence-electron chi connectivity index (χ1n) is 4.97. The van der Waals surface area contributed by atoms with Crippen molar-refractivity contribution in [2.24, 2.45) is 5.73 Å². The van der Waals surface area contributed by atoms with Crippen molar-refractivity contribution in [2.75, 3.05) is 6.54 Å². The Morgan fingerprint density at radius 2 is 2.46 bits per heavy atom. The van der Waals surface area contributed by atoms with E-state index in [0.717, 1.165) is 13.0 Å². The van der Waals surface area contributed by atoms with Crippen molar-refractivity contribution < 1.29 is 0 Å². The molecular formula is C10H16N2S. The molecule has 0 radical (unpaired) electrons. The molecule has 2 rings (SSSR count). The van der Waals surface area contributed by atoms with Crippen LogP contribution in [0.4, 0.5) is 0 Å². The molecule has 0 fully saturated rings. The highest BCUT2D eigenvalue weighted by Gasteiger charge is 2.22. The van der Waals surface area contributed by atoms with Gasteiger partial charge in [-0.25, -0.2) is 4.98 Å². The van der Waals surface area contributed by atoms with Crippen molar-refractivity contribution in [3.05, 3.63) is 15.6 Å². The Hall–Kier alpha value is -0.410. The maximum atomic E-state index is 5.60. The fourth-order valence-corrected chi connectivity index (χ4v) is 3.18. The summed E-state index contributed by atoms with van der Waals surface area (Å²) >= 11 is 1.87. The van der Waals surface area contributed by atoms with Gasteiger partial charge in [0.1, 0.15) is 0 Å². The second-order valence-corrected chi connectivity index (χ2v) is 5.00. The maximum absolute atomic E-state index is 5.60. The highest BCUT2D eigenvalue weighted by Crippen LogP contribution is 2.35. The van der Waals surface area contributed by atoms with Crippen molar-refractivity contribution in [2.45, 2.75) is 38.5 Å². The van der Waals surface area contributed by atoms with Crippen LogP contribution >= 0.6 is 11.3 Å². The van der Waals surface area contributed by atoms with Crippen molar-refractivity contribution in [1.82, 2.24) is 4.98 Å². The molecule has 0 bridgehead atoms. The number of hydrogen-bond donors (Lipinski definition) is 1. The molecule has 1 unspecified atom stereocenters. The monoisotopic (exact) mass is 196 g/mol. The number of aryl methyl sites for hydroxylation is 2. The van der Waals surface area contributed by atoms with Crippen molar-refractivity contribution in [1.29, 1.82) is 0 Å². The third-order valence-electron chi connectivity index (χ3n) is 2.69. The second-order valence-electron chi connectivity index (χ2n) is 3.71. The van der Waals surface area contributed by atoms with E-state index in [9.17, 15) is 0 Å². The van der Waals surface area contributed by atoms with Gasteiger partial charge in [0, 0.05) is 10.8 Å². The minimum atomic E-state index is 0.652. The van der Waals surface area contributed by atoms with Gasteiger partial charge in [-0.05, 0) is 39.2 Å². The van der Waals surface area contributed by atoms with E-state index < -0.39 is 0 Å². The molecule has 0 amide bonds. The zero-order chi connectivity index (χ0) is 9.26. The van der Waals surface area contributed by atoms with Crippen molar-refractivity contribution >= 4 is 11.3 Å². The van der Waals surface area contributed by atoms with Crippen LogP contribution in [0, 0.1) is 6.92 Å². The Balaban J connectivity index is 2.25. The Morgan fingerprint density at radius 1 is 1.62 bits per heavy atom. The molecule has 2 nitrogen and oxygen atoms in total. The standard InChI is InChI=1S/C10H16N2S/c1-7-12-10-8(5-6-11)3-2-4-9(10)13-7/h8H,2-6,11H2,1H3. The van der Waals surface area contributed by atoms with Crippen LogP contribution in [0.2, 0.25) is 0 Å². The van der Waals surface area contributed by atoms with Crippen LogP contribution in [0.5, 0.6) is 0 Å². The molecule has 1 aromatic rings. The number of nitrogens with two attached hydrogens (primary N) is 1. The van der Waals surface area contributed by atoms with Crippen LogP contribution in [0.1, 0.15) is 40.8 Å². The summed E-state index contributed by atoms with van der Waals surface area (Å²) in [5.41, 5.74) is 6.96. The maximum Gasteiger partial charge on any atom is 0.0900 e. The van der Waals surface area contributed by atoms with E-state index in [1.54, 1.807) is 0 Å². The number of fused-ring (bicyclic) bond motifs is 1. The van der Waals surface area contributed by atoms with E-state index in [1.807, 2.05) is 11.3 Å². The molecule has 1 aliphatic carbocycles. The summed E-state index contributed by atoms with van der Waals surface area (Å²) in [5.74, 6) is 0.652. The van der Waals surface area contributed by atoms with Gasteiger partial charge in [-0.1, -0.05) is 0 Å². The largest absolute Gasteiger partial charge is 0.330 e. The van der Waals surface area contributed by atoms with E-state index in [4.69, 9.17) is 5.73 Å². The fraction of sp³-hybridized carbons (Fsp3) is 0.700. The van der Waals surface area contributed by atoms with Crippen molar-refractivity contribution in [3.8, 4) is 0 Å². The van der Waals surface area contributed by atoms with E-state index in [2.05, 4.69) is 11.9 Å². The van der Waals surface area contributed by atoms with Gasteiger partial charge in [0.25, 0.3) is 0 Å². The lowest BCUT2D eigenvalue weighted by Gasteiger charge is -2.20. The summed E-state index contributed by atoms with van der Waals surface area (Å²) in [6.07, 6.45) is 4.95. The lowest BCUT2D eigenvalue weighted by Crippen LogP contribution is -2.13. The van der Waals surface area contributed by atoms with Gasteiger partial charge >= 0.3 is 0 Å². The Bertz CT molecular complexity index is 293. The topological polar surface area (TPSA) is 38.9 Å². The summed E-state index contributed by atoms with van der Waals surface area (Å²) in [7, 11) is 0. The zero-order valence-corrected chi connectivity index (χ0v) is 8.86. The van der Waals surface area contributed by atoms with Gasteiger partial charge in [-0.15, -0.1) is 11.3 Å². The lowest BCUT2D eigenvalue weighted by molar-refractivity contribution is 0.519. The van der Waals surface area contributed by atoms with E-state index in [1.165, 1.54) is 34.8 Å². The second kappa shape index (κ2) is 3.76. The summed E-state index contributed by atoms with van der Waals surface area (Å²) < 4.78 is 0. The smallest absolute Gasteiger partial charge is 0.0900 e. The van der Waals surface area contributed by atoms with E-state index in [-0.39, 0.29) is 0 Å². The van der Waals surface area contributed by atoms with Crippen LogP contribution in [-0.2, 0) is 6.42 Å². The molecule has 0 saturated heterocycles. The predicted octanol–water partition coefficient (Wildman–Crippen LogP) is 2.22. The van der Waals surface area contributed by atoms with Crippen LogP contribution in [0.3, 0.4) is 0 Å². The molecule has 13 heavy (non-hydrogen) atoms. The number of rotatable bonds is 2. The fourth-order valence-electron chi connectivity index (χ4n) is 2.11. The molecule has 0 aliphatic heterocycles. The van der Waals surface area contributed by atoms with Crippen LogP contribution in [0.15, 0.2) is 0 Å². The SMILES string of the molecule is Cc1nc2c(s1)CCCC2CCN. The summed E-state index contributed by atoms with van der Waals surface area (Å²) in [5, 5.41) is 1.22. The third-order valence-corrected chi connectivity index (χ3v) is 3.74. The average Bonchev–Trinajstić information content (AvgIpc) is 2.47. The molecule has 3 heteroatoms. The molecule has 1 aromatic heterocycles. The molecule has 1 atom stereocenters. The van der Waals surface area contributed by atoms with Gasteiger partial charge in [0.05, 0.1) is 10.7 Å². The number of hydrogen-bond acceptors (Lipinski definition) is 3. The first-order chi connectivity index (χ1) is 6.31. The Labute approximate surface area is 83.2 Å². The number of aromatic nitrogens is 1. The van der Waals surface area contributed by atoms with Gasteiger partial charge < -0.3 is 5.73 Å². The average molecular weight is 196 g/mol. The Morgan fingerprint density at radius 3 is 3.23 bits per heavy atom. The summed E-state index contributed by atoms with van der Waals surface area (Å²) in [6, 6.07) is 0. The van der Waals surface area contributed by atoms with Gasteiger partial charge in [0.15, 0.2) is 0 Å². The van der Waals surface area contributed by atoms with Crippen LogP contribution in [-0.4, -0.2) is 11.5 Å². The predicted molar refractivity (Wildman–Crippen MR) is 56.2 cm³/mol. The minimum Gasteiger partial charge on any atom is -0.330 e. The summed E-state index contributed by atoms with van der Waals surface area (Å²) in [6.45, 7) is 2.89. The van der Waals surface area contributed by atoms with Crippen molar-refractivity contribution in [3.63, 3.8) is 0 Å². The number of nitrogens with zero attached hydrogens (tertiary/aromatic N) is 1. The van der Waals surface area contributed by atoms with E-state index >= 15 is 0 Å². The first-order valence-corrected chi connectivity index (χ1v) is 5.79. The first kappa shape index (κ1) is 9.16. The van der Waals surface area contributed by atoms with Gasteiger partial charge in [-0.3, -0.25) is 0 Å². The van der Waals surface area contributed by atoms with Crippen LogP contribution in [0.25, 0.3) is 0 Å². The van der Waals surface area contributed by atoms with Crippen LogP contribution < -0.4 is 5.73 Å². The minimum absolute atomic E-state index is 0.652. The molecule has 2 N–H and O–H groups in total. The zero-order valence-electron chi connectivity index (χ0n) is 8.05. The molecule has 72 valence electrons. The third kappa shape index (κ3) is 1.76. The highest BCUT2D eigenvalue weighted by molar-refractivity contribution is 7.11. The normalized spacial score (nSPS) is 21.5. The molecule has 0 saturated carbocycles. The lowest BCUT2D eigenvalue weighted by atomic mass is 9.89. The Kier molecular flexibility index (Phi) is 2.65. The quantitative estimate of drug-likeness (QED) is 0.787. The molecule has 0 spiro atoms. The van der Waals surface area contributed by atoms with E-state index in [0.29, 0.717) is 5.92 Å². The molecule has 0 aromatic carbocycles. The van der Waals surface area contributed by atoms with Gasteiger partial charge in [0.2, 0.25) is 0 Å².